The lowest BCUT2D eigenvalue weighted by Gasteiger charge is -2.32. The molecule has 3 aromatic rings. The summed E-state index contributed by atoms with van der Waals surface area (Å²) < 4.78 is 1.58. The quantitative estimate of drug-likeness (QED) is 0.745. The molecule has 1 saturated heterocycles. The van der Waals surface area contributed by atoms with Crippen LogP contribution in [0.5, 0.6) is 0 Å². The van der Waals surface area contributed by atoms with Crippen molar-refractivity contribution in [1.29, 1.82) is 0 Å². The lowest BCUT2D eigenvalue weighted by atomic mass is 9.95. The van der Waals surface area contributed by atoms with Crippen molar-refractivity contribution in [1.82, 2.24) is 24.7 Å². The van der Waals surface area contributed by atoms with Crippen LogP contribution in [0.15, 0.2) is 41.5 Å². The minimum Gasteiger partial charge on any atom is -0.356 e. The number of nitrogens with zero attached hydrogens (tertiary/aromatic N) is 5. The molecule has 0 aliphatic carbocycles. The maximum Gasteiger partial charge on any atom is 0.259 e. The van der Waals surface area contributed by atoms with Crippen LogP contribution < -0.4 is 15.8 Å². The first-order valence-electron chi connectivity index (χ1n) is 9.57. The molecule has 0 radical (unpaired) electrons. The minimum atomic E-state index is -0.0376. The number of rotatable bonds is 2. The molecule has 0 bridgehead atoms. The van der Waals surface area contributed by atoms with Gasteiger partial charge in [-0.15, -0.1) is 0 Å². The molecule has 5 rings (SSSR count). The summed E-state index contributed by atoms with van der Waals surface area (Å²) in [6, 6.07) is 7.25. The third-order valence-corrected chi connectivity index (χ3v) is 5.57. The number of fused-ring (bicyclic) bond motifs is 2. The first-order chi connectivity index (χ1) is 13.3. The van der Waals surface area contributed by atoms with Gasteiger partial charge in [0.05, 0.1) is 0 Å². The van der Waals surface area contributed by atoms with E-state index in [2.05, 4.69) is 20.2 Å². The summed E-state index contributed by atoms with van der Waals surface area (Å²) in [4.78, 5) is 28.7. The molecule has 1 N–H and O–H groups in total. The zero-order chi connectivity index (χ0) is 18.2. The van der Waals surface area contributed by atoms with E-state index in [4.69, 9.17) is 4.98 Å². The second-order valence-electron chi connectivity index (χ2n) is 7.27. The molecule has 2 aliphatic rings. The molecule has 2 aliphatic heterocycles. The van der Waals surface area contributed by atoms with Gasteiger partial charge in [-0.25, -0.2) is 15.0 Å². The van der Waals surface area contributed by atoms with Gasteiger partial charge in [0.2, 0.25) is 0 Å². The summed E-state index contributed by atoms with van der Waals surface area (Å²) in [5, 5.41) is 3.36. The summed E-state index contributed by atoms with van der Waals surface area (Å²) in [5.41, 5.74) is 3.08. The molecule has 0 unspecified atom stereocenters. The van der Waals surface area contributed by atoms with Gasteiger partial charge in [-0.05, 0) is 25.0 Å². The van der Waals surface area contributed by atoms with Crippen LogP contribution in [0, 0.1) is 0 Å². The van der Waals surface area contributed by atoms with Crippen LogP contribution in [-0.2, 0) is 13.0 Å². The lowest BCUT2D eigenvalue weighted by molar-refractivity contribution is 0.478. The van der Waals surface area contributed by atoms with E-state index < -0.39 is 0 Å². The molecular formula is C20H22N6O. The summed E-state index contributed by atoms with van der Waals surface area (Å²) in [6.45, 7) is 3.59. The third kappa shape index (κ3) is 3.08. The molecule has 7 nitrogen and oxygen atoms in total. The summed E-state index contributed by atoms with van der Waals surface area (Å²) in [7, 11) is 0. The van der Waals surface area contributed by atoms with Gasteiger partial charge < -0.3 is 10.2 Å². The number of anilines is 1. The van der Waals surface area contributed by atoms with E-state index in [9.17, 15) is 4.79 Å². The van der Waals surface area contributed by atoms with E-state index in [1.807, 2.05) is 24.4 Å². The highest BCUT2D eigenvalue weighted by Gasteiger charge is 2.25. The molecule has 0 aromatic carbocycles. The first-order valence-corrected chi connectivity index (χ1v) is 9.57. The Morgan fingerprint density at radius 1 is 1.15 bits per heavy atom. The number of hydrogen-bond acceptors (Lipinski definition) is 6. The van der Waals surface area contributed by atoms with E-state index in [1.54, 1.807) is 16.7 Å². The summed E-state index contributed by atoms with van der Waals surface area (Å²) in [6.07, 6.45) is 6.68. The predicted octanol–water partition coefficient (Wildman–Crippen LogP) is 1.51. The van der Waals surface area contributed by atoms with Gasteiger partial charge in [0.25, 0.3) is 5.56 Å². The van der Waals surface area contributed by atoms with Crippen LogP contribution in [0.25, 0.3) is 5.65 Å². The molecule has 0 atom stereocenters. The molecule has 7 heteroatoms. The largest absolute Gasteiger partial charge is 0.356 e. The Balaban J connectivity index is 1.34. The molecule has 1 fully saturated rings. The van der Waals surface area contributed by atoms with Gasteiger partial charge in [0.1, 0.15) is 17.3 Å². The summed E-state index contributed by atoms with van der Waals surface area (Å²) in [5.74, 6) is 2.12. The van der Waals surface area contributed by atoms with E-state index in [1.165, 1.54) is 11.3 Å². The number of aromatic nitrogens is 4. The fourth-order valence-corrected chi connectivity index (χ4v) is 4.02. The van der Waals surface area contributed by atoms with Gasteiger partial charge in [-0.2, -0.15) is 0 Å². The SMILES string of the molecule is O=c1cc(N2CCC(c3ncc4c(n3)CCNC4)CC2)nc2ccccn12. The van der Waals surface area contributed by atoms with Gasteiger partial charge in [-0.1, -0.05) is 6.07 Å². The molecule has 138 valence electrons. The number of pyridine rings is 1. The monoisotopic (exact) mass is 362 g/mol. The number of nitrogens with one attached hydrogen (secondary N) is 1. The second-order valence-corrected chi connectivity index (χ2v) is 7.27. The molecule has 0 saturated carbocycles. The Hall–Kier alpha value is -2.80. The zero-order valence-electron chi connectivity index (χ0n) is 15.1. The maximum absolute atomic E-state index is 12.3. The van der Waals surface area contributed by atoms with Gasteiger partial charge in [0, 0.05) is 68.2 Å². The molecule has 5 heterocycles. The first kappa shape index (κ1) is 16.4. The van der Waals surface area contributed by atoms with Crippen molar-refractivity contribution in [2.24, 2.45) is 0 Å². The standard InChI is InChI=1S/C20H22N6O/c27-19-11-18(24-17-3-1-2-8-26(17)19)25-9-5-14(6-10-25)20-22-13-15-12-21-7-4-16(15)23-20/h1-3,8,11,13-14,21H,4-7,9-10,12H2. The Morgan fingerprint density at radius 3 is 2.93 bits per heavy atom. The topological polar surface area (TPSA) is 75.4 Å². The average molecular weight is 362 g/mol. The van der Waals surface area contributed by atoms with Crippen LogP contribution >= 0.6 is 0 Å². The molecule has 3 aromatic heterocycles. The predicted molar refractivity (Wildman–Crippen MR) is 103 cm³/mol. The van der Waals surface area contributed by atoms with Gasteiger partial charge >= 0.3 is 0 Å². The maximum atomic E-state index is 12.3. The van der Waals surface area contributed by atoms with Gasteiger partial charge in [-0.3, -0.25) is 9.20 Å². The van der Waals surface area contributed by atoms with E-state index in [0.29, 0.717) is 11.6 Å². The minimum absolute atomic E-state index is 0.0376. The van der Waals surface area contributed by atoms with Crippen molar-refractivity contribution >= 4 is 11.5 Å². The third-order valence-electron chi connectivity index (χ3n) is 5.57. The van der Waals surface area contributed by atoms with Crippen LogP contribution in [0.2, 0.25) is 0 Å². The zero-order valence-corrected chi connectivity index (χ0v) is 15.1. The molecule has 0 amide bonds. The van der Waals surface area contributed by atoms with Gasteiger partial charge in [0.15, 0.2) is 0 Å². The number of hydrogen-bond donors (Lipinski definition) is 1. The fraction of sp³-hybridized carbons (Fsp3) is 0.400. The normalized spacial score (nSPS) is 17.9. The average Bonchev–Trinajstić information content (AvgIpc) is 2.73. The Labute approximate surface area is 157 Å². The number of piperidine rings is 1. The molecular weight excluding hydrogens is 340 g/mol. The van der Waals surface area contributed by atoms with Crippen LogP contribution in [0.1, 0.15) is 35.8 Å². The highest BCUT2D eigenvalue weighted by Crippen LogP contribution is 2.28. The van der Waals surface area contributed by atoms with Crippen LogP contribution in [0.3, 0.4) is 0 Å². The Kier molecular flexibility index (Phi) is 4.09. The fourth-order valence-electron chi connectivity index (χ4n) is 4.02. The van der Waals surface area contributed by atoms with E-state index in [-0.39, 0.29) is 5.56 Å². The van der Waals surface area contributed by atoms with Crippen molar-refractivity contribution in [3.8, 4) is 0 Å². The van der Waals surface area contributed by atoms with Crippen LogP contribution in [0.4, 0.5) is 5.82 Å². The van der Waals surface area contributed by atoms with E-state index >= 15 is 0 Å². The molecule has 0 spiro atoms. The smallest absolute Gasteiger partial charge is 0.259 e. The molecule has 27 heavy (non-hydrogen) atoms. The van der Waals surface area contributed by atoms with Crippen LogP contribution in [-0.4, -0.2) is 39.0 Å². The second kappa shape index (κ2) is 6.74. The van der Waals surface area contributed by atoms with Crippen molar-refractivity contribution in [2.45, 2.75) is 31.7 Å². The van der Waals surface area contributed by atoms with Crippen molar-refractivity contribution in [3.05, 3.63) is 64.1 Å². The summed E-state index contributed by atoms with van der Waals surface area (Å²) >= 11 is 0. The van der Waals surface area contributed by atoms with Crippen molar-refractivity contribution in [3.63, 3.8) is 0 Å². The van der Waals surface area contributed by atoms with Crippen molar-refractivity contribution < 1.29 is 0 Å². The lowest BCUT2D eigenvalue weighted by Crippen LogP contribution is -2.35. The van der Waals surface area contributed by atoms with E-state index in [0.717, 1.165) is 57.1 Å². The Bertz CT molecular complexity index is 1040. The highest BCUT2D eigenvalue weighted by atomic mass is 16.1. The highest BCUT2D eigenvalue weighted by molar-refractivity contribution is 5.48. The van der Waals surface area contributed by atoms with Crippen molar-refractivity contribution in [2.75, 3.05) is 24.5 Å². The Morgan fingerprint density at radius 2 is 2.04 bits per heavy atom.